The Kier molecular flexibility index (Phi) is 6.34. The van der Waals surface area contributed by atoms with Gasteiger partial charge in [0.25, 0.3) is 0 Å². The van der Waals surface area contributed by atoms with E-state index in [4.69, 9.17) is 30.2 Å². The Morgan fingerprint density at radius 1 is 1.14 bits per heavy atom. The Morgan fingerprint density at radius 2 is 1.93 bits per heavy atom. The quantitative estimate of drug-likeness (QED) is 0.421. The van der Waals surface area contributed by atoms with Crippen LogP contribution in [0.4, 0.5) is 0 Å². The van der Waals surface area contributed by atoms with Crippen LogP contribution in [0.15, 0.2) is 59.2 Å². The molecular weight excluding hydrogens is 382 g/mol. The maximum Gasteiger partial charge on any atom is 0.331 e. The molecule has 0 fully saturated rings. The predicted molar refractivity (Wildman–Crippen MR) is 105 cm³/mol. The van der Waals surface area contributed by atoms with Crippen molar-refractivity contribution in [3.05, 3.63) is 71.2 Å². The largest absolute Gasteiger partial charge is 0.497 e. The van der Waals surface area contributed by atoms with Crippen LogP contribution in [0.2, 0.25) is 5.02 Å². The lowest BCUT2D eigenvalue weighted by atomic mass is 10.2. The number of oxazole rings is 1. The summed E-state index contributed by atoms with van der Waals surface area (Å²) in [6.07, 6.45) is 4.49. The number of halogens is 1. The van der Waals surface area contributed by atoms with Crippen LogP contribution in [0.25, 0.3) is 17.4 Å². The van der Waals surface area contributed by atoms with E-state index in [1.165, 1.54) is 6.08 Å². The lowest BCUT2D eigenvalue weighted by Crippen LogP contribution is -2.01. The Hall–Kier alpha value is -3.25. The second-order valence-corrected chi connectivity index (χ2v) is 6.11. The third-order valence-corrected chi connectivity index (χ3v) is 4.11. The molecule has 0 saturated carbocycles. The SMILES string of the molecule is COc1ccc(/C=C/C(=O)OCc2ncc(-c3ccc(Cl)cc3)o2)c(OC)c1. The molecule has 1 heterocycles. The number of aromatic nitrogens is 1. The smallest absolute Gasteiger partial charge is 0.331 e. The van der Waals surface area contributed by atoms with Gasteiger partial charge in [0.1, 0.15) is 11.5 Å². The number of hydrogen-bond acceptors (Lipinski definition) is 6. The Labute approximate surface area is 167 Å². The van der Waals surface area contributed by atoms with Crippen molar-refractivity contribution >= 4 is 23.6 Å². The van der Waals surface area contributed by atoms with Crippen LogP contribution in [0.3, 0.4) is 0 Å². The molecule has 0 amide bonds. The van der Waals surface area contributed by atoms with Crippen LogP contribution in [0.5, 0.6) is 11.5 Å². The van der Waals surface area contributed by atoms with Crippen LogP contribution < -0.4 is 9.47 Å². The van der Waals surface area contributed by atoms with Gasteiger partial charge in [-0.25, -0.2) is 9.78 Å². The lowest BCUT2D eigenvalue weighted by Gasteiger charge is -2.07. The fourth-order valence-electron chi connectivity index (χ4n) is 2.42. The van der Waals surface area contributed by atoms with E-state index < -0.39 is 5.97 Å². The molecule has 0 radical (unpaired) electrons. The van der Waals surface area contributed by atoms with Gasteiger partial charge in [0, 0.05) is 28.3 Å². The van der Waals surface area contributed by atoms with E-state index in [1.807, 2.05) is 12.1 Å². The molecule has 0 bridgehead atoms. The second kappa shape index (κ2) is 9.10. The first kappa shape index (κ1) is 19.5. The normalized spacial score (nSPS) is 10.8. The number of carbonyl (C=O) groups excluding carboxylic acids is 1. The van der Waals surface area contributed by atoms with Gasteiger partial charge in [-0.15, -0.1) is 0 Å². The molecule has 0 spiro atoms. The molecular formula is C21H18ClNO5. The molecule has 0 unspecified atom stereocenters. The third kappa shape index (κ3) is 4.92. The van der Waals surface area contributed by atoms with Gasteiger partial charge in [0.15, 0.2) is 12.4 Å². The number of hydrogen-bond donors (Lipinski definition) is 0. The minimum Gasteiger partial charge on any atom is -0.497 e. The van der Waals surface area contributed by atoms with Gasteiger partial charge in [-0.2, -0.15) is 0 Å². The van der Waals surface area contributed by atoms with Crippen LogP contribution in [0.1, 0.15) is 11.5 Å². The first-order chi connectivity index (χ1) is 13.6. The zero-order valence-electron chi connectivity index (χ0n) is 15.3. The van der Waals surface area contributed by atoms with Crippen molar-refractivity contribution < 1.29 is 23.4 Å². The molecule has 0 aliphatic carbocycles. The minimum absolute atomic E-state index is 0.0729. The summed E-state index contributed by atoms with van der Waals surface area (Å²) in [4.78, 5) is 16.1. The predicted octanol–water partition coefficient (Wildman–Crippen LogP) is 4.77. The average molecular weight is 400 g/mol. The zero-order valence-corrected chi connectivity index (χ0v) is 16.1. The maximum atomic E-state index is 12.0. The highest BCUT2D eigenvalue weighted by molar-refractivity contribution is 6.30. The molecule has 0 atom stereocenters. The molecule has 0 saturated heterocycles. The molecule has 1 aromatic heterocycles. The first-order valence-corrected chi connectivity index (χ1v) is 8.74. The summed E-state index contributed by atoms with van der Waals surface area (Å²) in [5.74, 6) is 1.60. The molecule has 0 aliphatic heterocycles. The average Bonchev–Trinajstić information content (AvgIpc) is 3.20. The van der Waals surface area contributed by atoms with E-state index >= 15 is 0 Å². The van der Waals surface area contributed by atoms with Crippen molar-refractivity contribution in [3.8, 4) is 22.8 Å². The van der Waals surface area contributed by atoms with Gasteiger partial charge >= 0.3 is 5.97 Å². The molecule has 0 aliphatic rings. The van der Waals surface area contributed by atoms with Gasteiger partial charge in [0.2, 0.25) is 5.89 Å². The van der Waals surface area contributed by atoms with Crippen LogP contribution in [-0.2, 0) is 16.1 Å². The zero-order chi connectivity index (χ0) is 19.9. The Balaban J connectivity index is 1.59. The van der Waals surface area contributed by atoms with E-state index in [0.717, 1.165) is 11.1 Å². The number of carbonyl (C=O) groups is 1. The molecule has 144 valence electrons. The summed E-state index contributed by atoms with van der Waals surface area (Å²) in [7, 11) is 3.12. The Bertz CT molecular complexity index is 979. The second-order valence-electron chi connectivity index (χ2n) is 5.67. The topological polar surface area (TPSA) is 70.8 Å². The van der Waals surface area contributed by atoms with E-state index in [1.54, 1.807) is 56.8 Å². The highest BCUT2D eigenvalue weighted by atomic mass is 35.5. The van der Waals surface area contributed by atoms with E-state index in [-0.39, 0.29) is 6.61 Å². The maximum absolute atomic E-state index is 12.0. The van der Waals surface area contributed by atoms with Gasteiger partial charge < -0.3 is 18.6 Å². The van der Waals surface area contributed by atoms with Crippen molar-refractivity contribution in [3.63, 3.8) is 0 Å². The van der Waals surface area contributed by atoms with Crippen LogP contribution >= 0.6 is 11.6 Å². The highest BCUT2D eigenvalue weighted by Gasteiger charge is 2.09. The molecule has 2 aromatic carbocycles. The summed E-state index contributed by atoms with van der Waals surface area (Å²) < 4.78 is 21.2. The lowest BCUT2D eigenvalue weighted by molar-refractivity contribution is -0.139. The Morgan fingerprint density at radius 3 is 2.64 bits per heavy atom. The summed E-state index contributed by atoms with van der Waals surface area (Å²) >= 11 is 5.87. The van der Waals surface area contributed by atoms with Gasteiger partial charge in [0.05, 0.1) is 20.4 Å². The summed E-state index contributed by atoms with van der Waals surface area (Å²) in [5, 5.41) is 0.637. The summed E-state index contributed by atoms with van der Waals surface area (Å²) in [5.41, 5.74) is 1.56. The number of nitrogens with zero attached hydrogens (tertiary/aromatic N) is 1. The standard InChI is InChI=1S/C21H18ClNO5/c1-25-17-9-5-14(18(11-17)26-2)6-10-21(24)27-13-20-23-12-19(28-20)15-3-7-16(22)8-4-15/h3-12H,13H2,1-2H3/b10-6+. The van der Waals surface area contributed by atoms with E-state index in [9.17, 15) is 4.79 Å². The highest BCUT2D eigenvalue weighted by Crippen LogP contribution is 2.26. The van der Waals surface area contributed by atoms with Gasteiger partial charge in [-0.3, -0.25) is 0 Å². The van der Waals surface area contributed by atoms with Gasteiger partial charge in [-0.05, 0) is 42.5 Å². The molecule has 3 rings (SSSR count). The number of methoxy groups -OCH3 is 2. The number of esters is 1. The van der Waals surface area contributed by atoms with Crippen LogP contribution in [-0.4, -0.2) is 25.2 Å². The summed E-state index contributed by atoms with van der Waals surface area (Å²) in [6, 6.07) is 12.5. The van der Waals surface area contributed by atoms with Gasteiger partial charge in [-0.1, -0.05) is 11.6 Å². The van der Waals surface area contributed by atoms with Crippen molar-refractivity contribution in [2.75, 3.05) is 14.2 Å². The first-order valence-electron chi connectivity index (χ1n) is 8.36. The fraction of sp³-hybridized carbons (Fsp3) is 0.143. The van der Waals surface area contributed by atoms with E-state index in [0.29, 0.717) is 28.2 Å². The van der Waals surface area contributed by atoms with Crippen molar-refractivity contribution in [2.24, 2.45) is 0 Å². The van der Waals surface area contributed by atoms with E-state index in [2.05, 4.69) is 4.98 Å². The monoisotopic (exact) mass is 399 g/mol. The number of ether oxygens (including phenoxy) is 3. The molecule has 3 aromatic rings. The van der Waals surface area contributed by atoms with Crippen molar-refractivity contribution in [1.29, 1.82) is 0 Å². The molecule has 6 nitrogen and oxygen atoms in total. The number of rotatable bonds is 7. The molecule has 7 heteroatoms. The fourth-order valence-corrected chi connectivity index (χ4v) is 2.55. The molecule has 28 heavy (non-hydrogen) atoms. The minimum atomic E-state index is -0.524. The van der Waals surface area contributed by atoms with Crippen molar-refractivity contribution in [2.45, 2.75) is 6.61 Å². The van der Waals surface area contributed by atoms with Crippen molar-refractivity contribution in [1.82, 2.24) is 4.98 Å². The third-order valence-electron chi connectivity index (χ3n) is 3.86. The molecule has 0 N–H and O–H groups in total. The number of benzene rings is 2. The summed E-state index contributed by atoms with van der Waals surface area (Å²) in [6.45, 7) is -0.0729. The van der Waals surface area contributed by atoms with Crippen LogP contribution in [0, 0.1) is 0 Å².